The topological polar surface area (TPSA) is 0 Å². The van der Waals surface area contributed by atoms with Gasteiger partial charge in [0.15, 0.2) is 0 Å². The summed E-state index contributed by atoms with van der Waals surface area (Å²) in [5.74, 6) is 0. The molecule has 10 aromatic carbocycles. The van der Waals surface area contributed by atoms with Gasteiger partial charge < -0.3 is 0 Å². The van der Waals surface area contributed by atoms with Gasteiger partial charge in [-0.1, -0.05) is 182 Å². The number of benzene rings is 10. The predicted octanol–water partition coefficient (Wildman–Crippen LogP) is 14.4. The van der Waals surface area contributed by atoms with Crippen molar-refractivity contribution in [3.63, 3.8) is 0 Å². The van der Waals surface area contributed by atoms with Crippen molar-refractivity contribution < 1.29 is 0 Å². The van der Waals surface area contributed by atoms with Gasteiger partial charge in [-0.3, -0.25) is 0 Å². The van der Waals surface area contributed by atoms with E-state index in [0.717, 1.165) is 0 Å². The van der Waals surface area contributed by atoms with E-state index in [-0.39, 0.29) is 0 Å². The Labute approximate surface area is 297 Å². The summed E-state index contributed by atoms with van der Waals surface area (Å²) in [5.41, 5.74) is 11.4. The van der Waals surface area contributed by atoms with Crippen LogP contribution in [0.15, 0.2) is 188 Å². The first-order valence-electron chi connectivity index (χ1n) is 17.8. The maximum atomic E-state index is 2.37. The monoisotopic (exact) mass is 646 g/mol. The maximum absolute atomic E-state index is 2.37. The lowest BCUT2D eigenvalue weighted by Crippen LogP contribution is -1.94. The molecule has 0 fully saturated rings. The van der Waals surface area contributed by atoms with Crippen molar-refractivity contribution in [3.8, 4) is 44.5 Å². The van der Waals surface area contributed by atoms with Crippen molar-refractivity contribution in [2.45, 2.75) is 6.92 Å². The summed E-state index contributed by atoms with van der Waals surface area (Å²) in [6, 6.07) is 69.3. The second kappa shape index (κ2) is 11.8. The van der Waals surface area contributed by atoms with Gasteiger partial charge in [0.25, 0.3) is 0 Å². The van der Waals surface area contributed by atoms with E-state index in [9.17, 15) is 0 Å². The third-order valence-corrected chi connectivity index (χ3v) is 10.8. The molecule has 10 aromatic rings. The molecule has 0 atom stereocenters. The highest BCUT2D eigenvalue weighted by Crippen LogP contribution is 2.47. The minimum absolute atomic E-state index is 1.22. The van der Waals surface area contributed by atoms with Crippen LogP contribution in [0, 0.1) is 6.92 Å². The van der Waals surface area contributed by atoms with E-state index in [1.54, 1.807) is 0 Å². The molecule has 0 bridgehead atoms. The van der Waals surface area contributed by atoms with Gasteiger partial charge in [-0.25, -0.2) is 0 Å². The molecule has 0 aromatic heterocycles. The zero-order chi connectivity index (χ0) is 33.9. The molecule has 51 heavy (non-hydrogen) atoms. The second-order valence-corrected chi connectivity index (χ2v) is 13.7. The molecule has 0 aliphatic heterocycles. The number of aryl methyl sites for hydroxylation is 1. The molecular weight excluding hydrogens is 613 g/mol. The highest BCUT2D eigenvalue weighted by Gasteiger charge is 2.20. The Kier molecular flexibility index (Phi) is 6.82. The summed E-state index contributed by atoms with van der Waals surface area (Å²) >= 11 is 0. The van der Waals surface area contributed by atoms with Crippen LogP contribution in [0.1, 0.15) is 5.56 Å². The smallest absolute Gasteiger partial charge is 0.00200 e. The molecule has 0 aliphatic carbocycles. The molecule has 10 rings (SSSR count). The van der Waals surface area contributed by atoms with Crippen LogP contribution in [0.4, 0.5) is 0 Å². The Bertz CT molecular complexity index is 2900. The molecule has 0 unspecified atom stereocenters. The van der Waals surface area contributed by atoms with Crippen LogP contribution in [0.25, 0.3) is 98.4 Å². The quantitative estimate of drug-likeness (QED) is 0.167. The Hall–Kier alpha value is -6.50. The molecular formula is C51H34. The van der Waals surface area contributed by atoms with Crippen LogP contribution in [0.5, 0.6) is 0 Å². The lowest BCUT2D eigenvalue weighted by Gasteiger charge is -2.21. The molecule has 0 aliphatic rings. The van der Waals surface area contributed by atoms with E-state index in [4.69, 9.17) is 0 Å². The first kappa shape index (κ1) is 29.4. The van der Waals surface area contributed by atoms with E-state index < -0.39 is 0 Å². The Morgan fingerprint density at radius 2 is 0.765 bits per heavy atom. The molecule has 0 saturated carbocycles. The van der Waals surface area contributed by atoms with Gasteiger partial charge in [0.1, 0.15) is 0 Å². The van der Waals surface area contributed by atoms with Crippen LogP contribution in [-0.2, 0) is 0 Å². The molecule has 0 heteroatoms. The molecule has 0 saturated heterocycles. The van der Waals surface area contributed by atoms with E-state index in [2.05, 4.69) is 195 Å². The molecule has 0 amide bonds. The van der Waals surface area contributed by atoms with Crippen LogP contribution in [0.2, 0.25) is 0 Å². The van der Waals surface area contributed by atoms with Crippen LogP contribution in [0.3, 0.4) is 0 Å². The van der Waals surface area contributed by atoms with Crippen LogP contribution >= 0.6 is 0 Å². The van der Waals surface area contributed by atoms with Gasteiger partial charge in [-0.15, -0.1) is 0 Å². The van der Waals surface area contributed by atoms with Crippen LogP contribution < -0.4 is 0 Å². The maximum Gasteiger partial charge on any atom is -0.00200 e. The summed E-state index contributed by atoms with van der Waals surface area (Å²) in [6.45, 7) is 2.26. The second-order valence-electron chi connectivity index (χ2n) is 13.7. The summed E-state index contributed by atoms with van der Waals surface area (Å²) in [4.78, 5) is 0. The summed E-state index contributed by atoms with van der Waals surface area (Å²) in [5, 5.41) is 12.7. The van der Waals surface area contributed by atoms with Crippen molar-refractivity contribution in [3.05, 3.63) is 194 Å². The van der Waals surface area contributed by atoms with Gasteiger partial charge >= 0.3 is 0 Å². The predicted molar refractivity (Wildman–Crippen MR) is 220 cm³/mol. The van der Waals surface area contributed by atoms with Gasteiger partial charge in [-0.2, -0.15) is 0 Å². The third-order valence-electron chi connectivity index (χ3n) is 10.8. The van der Waals surface area contributed by atoms with E-state index >= 15 is 0 Å². The molecule has 0 radical (unpaired) electrons. The zero-order valence-corrected chi connectivity index (χ0v) is 28.4. The average molecular weight is 647 g/mol. The Balaban J connectivity index is 1.20. The van der Waals surface area contributed by atoms with Crippen molar-refractivity contribution >= 4 is 53.9 Å². The first-order valence-corrected chi connectivity index (χ1v) is 17.8. The molecule has 0 heterocycles. The number of hydrogen-bond acceptors (Lipinski definition) is 0. The zero-order valence-electron chi connectivity index (χ0n) is 28.4. The van der Waals surface area contributed by atoms with Crippen molar-refractivity contribution in [1.29, 1.82) is 0 Å². The molecule has 0 spiro atoms. The van der Waals surface area contributed by atoms with E-state index in [1.165, 1.54) is 104 Å². The number of hydrogen-bond donors (Lipinski definition) is 0. The lowest BCUT2D eigenvalue weighted by atomic mass is 9.82. The largest absolute Gasteiger partial charge is 0.0616 e. The lowest BCUT2D eigenvalue weighted by molar-refractivity contribution is 1.53. The fourth-order valence-corrected chi connectivity index (χ4v) is 8.42. The molecule has 238 valence electrons. The van der Waals surface area contributed by atoms with Gasteiger partial charge in [0, 0.05) is 0 Å². The van der Waals surface area contributed by atoms with E-state index in [1.807, 2.05) is 0 Å². The van der Waals surface area contributed by atoms with Gasteiger partial charge in [0.05, 0.1) is 0 Å². The van der Waals surface area contributed by atoms with Gasteiger partial charge in [-0.05, 0) is 117 Å². The van der Waals surface area contributed by atoms with E-state index in [0.29, 0.717) is 0 Å². The number of fused-ring (bicyclic) bond motifs is 5. The third kappa shape index (κ3) is 4.76. The highest BCUT2D eigenvalue weighted by molar-refractivity contribution is 6.24. The summed E-state index contributed by atoms with van der Waals surface area (Å²) in [7, 11) is 0. The van der Waals surface area contributed by atoms with Crippen molar-refractivity contribution in [1.82, 2.24) is 0 Å². The fraction of sp³-hybridized carbons (Fsp3) is 0.0196. The summed E-state index contributed by atoms with van der Waals surface area (Å²) < 4.78 is 0. The summed E-state index contributed by atoms with van der Waals surface area (Å²) in [6.07, 6.45) is 0. The van der Waals surface area contributed by atoms with Crippen molar-refractivity contribution in [2.75, 3.05) is 0 Å². The fourth-order valence-electron chi connectivity index (χ4n) is 8.42. The number of rotatable bonds is 4. The van der Waals surface area contributed by atoms with Crippen LogP contribution in [-0.4, -0.2) is 0 Å². The standard InChI is InChI=1S/C51H34/c1-33-12-10-23-43-42(41-22-11-16-36-14-4-5-17-40(36)41)30-31-48(49(33)43)51-46-20-8-6-18-44(46)50(45-19-7-9-21-47(45)51)37-27-24-35(25-28-37)39-29-26-34-13-2-3-15-38(34)32-39/h2-32H,1H3. The molecule has 0 N–H and O–H groups in total. The van der Waals surface area contributed by atoms with Crippen molar-refractivity contribution in [2.24, 2.45) is 0 Å². The minimum Gasteiger partial charge on any atom is -0.0616 e. The minimum atomic E-state index is 1.22. The first-order chi connectivity index (χ1) is 25.2. The SMILES string of the molecule is Cc1cccc2c(-c3cccc4ccccc34)ccc(-c3c4ccccc4c(-c4ccc(-c5ccc6ccccc6c5)cc4)c4ccccc34)c12. The van der Waals surface area contributed by atoms with Gasteiger partial charge in [0.2, 0.25) is 0 Å². The average Bonchev–Trinajstić information content (AvgIpc) is 3.19. The Morgan fingerprint density at radius 1 is 0.275 bits per heavy atom. The normalized spacial score (nSPS) is 11.6. The highest BCUT2D eigenvalue weighted by atomic mass is 14.2. The Morgan fingerprint density at radius 3 is 1.49 bits per heavy atom. The molecule has 0 nitrogen and oxygen atoms in total.